The summed E-state index contributed by atoms with van der Waals surface area (Å²) in [4.78, 5) is 5.14. The molecule has 20 heavy (non-hydrogen) atoms. The van der Waals surface area contributed by atoms with Crippen LogP contribution in [0.1, 0.15) is 0 Å². The summed E-state index contributed by atoms with van der Waals surface area (Å²) in [5, 5.41) is 8.60. The topological polar surface area (TPSA) is 167 Å². The van der Waals surface area contributed by atoms with Gasteiger partial charge in [0.1, 0.15) is 7.59 Å². The average molecular weight is 317 g/mol. The summed E-state index contributed by atoms with van der Waals surface area (Å²) in [6.07, 6.45) is 0. The number of nitrogens with one attached hydrogen (secondary N) is 3. The summed E-state index contributed by atoms with van der Waals surface area (Å²) < 4.78 is 34.5. The molecule has 0 aromatic carbocycles. The molecule has 5 N–H and O–H groups in total. The molecule has 98 valence electrons. The van der Waals surface area contributed by atoms with Crippen molar-refractivity contribution in [3.05, 3.63) is 20.5 Å². The molecule has 0 aliphatic heterocycles. The van der Waals surface area contributed by atoms with Crippen molar-refractivity contribution in [1.29, 1.82) is 0 Å². The fourth-order valence-corrected chi connectivity index (χ4v) is 5.43. The van der Waals surface area contributed by atoms with Crippen molar-refractivity contribution in [2.45, 2.75) is 0 Å². The van der Waals surface area contributed by atoms with Gasteiger partial charge in [0.25, 0.3) is 0 Å². The summed E-state index contributed by atoms with van der Waals surface area (Å²) in [5.74, 6) is 0. The maximum absolute atomic E-state index is 11.9. The van der Waals surface area contributed by atoms with Crippen LogP contribution >= 0.6 is 22.8 Å². The van der Waals surface area contributed by atoms with Gasteiger partial charge in [0, 0.05) is 0 Å². The molecule has 0 aromatic heterocycles. The summed E-state index contributed by atoms with van der Waals surface area (Å²) in [7, 11) is -8.10. The van der Waals surface area contributed by atoms with E-state index >= 15 is 0 Å². The molecule has 0 rings (SSSR count). The van der Waals surface area contributed by atoms with Gasteiger partial charge in [-0.05, 0) is 22.2 Å². The Kier molecular flexibility index (Phi) is 24.2. The molecular weight excluding hydrogens is 303 g/mol. The van der Waals surface area contributed by atoms with Gasteiger partial charge < -0.3 is 39.7 Å². The van der Waals surface area contributed by atoms with Crippen LogP contribution in [-0.2, 0) is 13.7 Å². The third-order valence-corrected chi connectivity index (χ3v) is 7.34. The van der Waals surface area contributed by atoms with Crippen molar-refractivity contribution in [2.24, 2.45) is 5.50 Å². The molecular formula is C3H14Li4N7O3P3. The molecule has 0 saturated carbocycles. The summed E-state index contributed by atoms with van der Waals surface area (Å²) in [6.45, 7) is 0. The fourth-order valence-electron chi connectivity index (χ4n) is 0.564. The smallest absolute Gasteiger partial charge is 0.622 e. The predicted molar refractivity (Wildman–Crippen MR) is 65.4 cm³/mol. The number of hydrogen-bond acceptors (Lipinski definition) is 3. The van der Waals surface area contributed by atoms with Crippen molar-refractivity contribution in [1.82, 2.24) is 9.95 Å². The van der Waals surface area contributed by atoms with E-state index in [1.54, 1.807) is 0 Å². The zero-order valence-electron chi connectivity index (χ0n) is 13.0. The van der Waals surface area contributed by atoms with Crippen molar-refractivity contribution in [3.63, 3.8) is 0 Å². The van der Waals surface area contributed by atoms with E-state index in [0.717, 1.165) is 14.1 Å². The Bertz CT molecular complexity index is 356. The van der Waals surface area contributed by atoms with Crippen LogP contribution in [0.15, 0.2) is 0 Å². The van der Waals surface area contributed by atoms with Crippen molar-refractivity contribution in [3.8, 4) is 0 Å². The zero-order chi connectivity index (χ0) is 13.0. The first kappa shape index (κ1) is 34.2. The van der Waals surface area contributed by atoms with E-state index < -0.39 is 22.8 Å². The molecule has 3 unspecified atom stereocenters. The van der Waals surface area contributed by atoms with Crippen LogP contribution < -0.4 is 90.9 Å². The minimum atomic E-state index is -3.92. The van der Waals surface area contributed by atoms with Gasteiger partial charge in [-0.25, -0.2) is 4.86 Å². The van der Waals surface area contributed by atoms with Crippen LogP contribution in [-0.4, -0.2) is 21.1 Å². The van der Waals surface area contributed by atoms with Crippen LogP contribution in [0.25, 0.3) is 20.5 Å². The Morgan fingerprint density at radius 1 is 1.00 bits per heavy atom. The van der Waals surface area contributed by atoms with Gasteiger partial charge in [0.05, 0.1) is 0 Å². The normalized spacial score (nSPS) is 18.4. The Morgan fingerprint density at radius 2 is 1.40 bits per heavy atom. The molecule has 0 aliphatic rings. The largest absolute Gasteiger partial charge is 1.00 e. The van der Waals surface area contributed by atoms with Gasteiger partial charge in [0.2, 0.25) is 0 Å². The first-order chi connectivity index (χ1) is 7.10. The molecule has 0 fully saturated rings. The molecule has 0 bridgehead atoms. The zero-order valence-corrected chi connectivity index (χ0v) is 15.7. The standard InChI is InChI=1S/C3H14N7O3P3.4Li/c1-6-14(4,11)9-16(13,8-3)10-15(5,12)7-2;;;;/h1-3H3,(H5-4,4,5,6,7,8,9,10,11,12,13);;;;/q-4;4*+1. The van der Waals surface area contributed by atoms with Gasteiger partial charge in [0.15, 0.2) is 0 Å². The van der Waals surface area contributed by atoms with Gasteiger partial charge in [-0.1, -0.05) is 0 Å². The number of nitrogens with two attached hydrogens (primary N) is 1. The molecule has 0 amide bonds. The Morgan fingerprint density at radius 3 is 1.65 bits per heavy atom. The van der Waals surface area contributed by atoms with E-state index in [2.05, 4.69) is 20.1 Å². The number of rotatable bonds is 7. The van der Waals surface area contributed by atoms with E-state index in [1.807, 2.05) is 4.86 Å². The van der Waals surface area contributed by atoms with E-state index in [9.17, 15) is 13.7 Å². The monoisotopic (exact) mass is 317 g/mol. The van der Waals surface area contributed by atoms with Crippen molar-refractivity contribution < 1.29 is 89.1 Å². The van der Waals surface area contributed by atoms with E-state index in [4.69, 9.17) is 11.0 Å². The molecule has 3 atom stereocenters. The third-order valence-electron chi connectivity index (χ3n) is 1.40. The maximum Gasteiger partial charge on any atom is 1.00 e. The van der Waals surface area contributed by atoms with E-state index in [1.165, 1.54) is 7.05 Å². The number of nitrogens with zero attached hydrogens (tertiary/aromatic N) is 3. The first-order valence-corrected chi connectivity index (χ1v) is 8.90. The number of hydrogen-bond donors (Lipinski definition) is 3. The van der Waals surface area contributed by atoms with Gasteiger partial charge >= 0.3 is 75.4 Å². The maximum atomic E-state index is 11.9. The van der Waals surface area contributed by atoms with Crippen LogP contribution in [0.3, 0.4) is 0 Å². The molecule has 0 spiro atoms. The second kappa shape index (κ2) is 14.2. The Balaban J connectivity index is -0.000000187. The van der Waals surface area contributed by atoms with Gasteiger partial charge in [-0.2, -0.15) is 14.1 Å². The molecule has 17 heteroatoms. The average Bonchev–Trinajstić information content (AvgIpc) is 2.16. The van der Waals surface area contributed by atoms with Crippen LogP contribution in [0.2, 0.25) is 0 Å². The quantitative estimate of drug-likeness (QED) is 0.311. The second-order valence-electron chi connectivity index (χ2n) is 2.55. The second-order valence-corrected chi connectivity index (χ2v) is 8.80. The molecule has 0 aromatic rings. The van der Waals surface area contributed by atoms with Gasteiger partial charge in [-0.15, -0.1) is 0 Å². The summed E-state index contributed by atoms with van der Waals surface area (Å²) >= 11 is 0. The molecule has 0 aliphatic carbocycles. The van der Waals surface area contributed by atoms with Crippen LogP contribution in [0, 0.1) is 0 Å². The Labute approximate surface area is 167 Å². The minimum Gasteiger partial charge on any atom is -0.622 e. The SMILES string of the molecule is C[N-]P(N)(=O)[N-]P(=O)(NC)NP([NH-])(=O)[N-]C.[Li+].[Li+].[Li+].[Li+]. The fraction of sp³-hybridized carbons (Fsp3) is 1.00. The van der Waals surface area contributed by atoms with E-state index in [-0.39, 0.29) is 75.4 Å². The molecule has 0 radical (unpaired) electrons. The molecule has 10 nitrogen and oxygen atoms in total. The predicted octanol–water partition coefficient (Wildman–Crippen LogP) is -9.47. The van der Waals surface area contributed by atoms with Crippen LogP contribution in [0.5, 0.6) is 0 Å². The van der Waals surface area contributed by atoms with Crippen LogP contribution in [0.4, 0.5) is 0 Å². The van der Waals surface area contributed by atoms with Crippen molar-refractivity contribution in [2.75, 3.05) is 21.1 Å². The molecule has 0 saturated heterocycles. The first-order valence-electron chi connectivity index (χ1n) is 3.89. The van der Waals surface area contributed by atoms with Crippen molar-refractivity contribution >= 4 is 22.8 Å². The Hall–Kier alpha value is 2.80. The van der Waals surface area contributed by atoms with E-state index in [0.29, 0.717) is 0 Å². The third kappa shape index (κ3) is 14.4. The minimum absolute atomic E-state index is 0. The summed E-state index contributed by atoms with van der Waals surface area (Å²) in [6, 6.07) is 0. The summed E-state index contributed by atoms with van der Waals surface area (Å²) in [5.41, 5.74) is 12.3. The molecule has 0 heterocycles. The van der Waals surface area contributed by atoms with Gasteiger partial charge in [-0.3, -0.25) is 5.09 Å².